The molecular formula is C30H30O7. The lowest BCUT2D eigenvalue weighted by Gasteiger charge is -2.30. The molecule has 7 heteroatoms. The Kier molecular flexibility index (Phi) is 7.12. The summed E-state index contributed by atoms with van der Waals surface area (Å²) in [6.07, 6.45) is 8.65. The minimum Gasteiger partial charge on any atom is -0.507 e. The minimum atomic E-state index is -0.647. The van der Waals surface area contributed by atoms with Gasteiger partial charge in [-0.25, -0.2) is 4.79 Å². The normalized spacial score (nSPS) is 23.2. The van der Waals surface area contributed by atoms with Crippen LogP contribution >= 0.6 is 0 Å². The van der Waals surface area contributed by atoms with Crippen molar-refractivity contribution in [3.05, 3.63) is 64.2 Å². The van der Waals surface area contributed by atoms with Crippen LogP contribution in [0, 0.1) is 0 Å². The number of rotatable bonds is 1. The van der Waals surface area contributed by atoms with Crippen molar-refractivity contribution in [3.8, 4) is 17.2 Å². The number of aromatic hydroxyl groups is 1. The molecule has 2 aromatic carbocycles. The lowest BCUT2D eigenvalue weighted by molar-refractivity contribution is -0.135. The summed E-state index contributed by atoms with van der Waals surface area (Å²) in [5.41, 5.74) is 2.55. The standard InChI is InChI=1S/C30H30O7/c1-18-8-7-12-22(31)11-4-2-3-10-20-15-25-28(29(33)27(20)30(34)36-18)23(16-26(32)37-25)21-14-19-9-5-6-13-24(19)35-17-21/h3,5-6,9-10,13-15,18,23,33H,2,4,7-8,11-12,16-17H2,1H3/b10-3+/t18-,23-/m1/s1. The predicted molar refractivity (Wildman–Crippen MR) is 138 cm³/mol. The maximum Gasteiger partial charge on any atom is 0.342 e. The van der Waals surface area contributed by atoms with Crippen molar-refractivity contribution < 1.29 is 33.7 Å². The molecule has 0 saturated heterocycles. The number of cyclic esters (lactones) is 1. The molecule has 0 amide bonds. The molecule has 37 heavy (non-hydrogen) atoms. The second-order valence-electron chi connectivity index (χ2n) is 9.82. The number of phenolic OH excluding ortho intramolecular Hbond substituents is 1. The van der Waals surface area contributed by atoms with Crippen LogP contribution in [0.3, 0.4) is 0 Å². The SMILES string of the molecule is C[C@@H]1CCCC(=O)CCC/C=C/c2cc3c(c(O)c2C(=O)O1)[C@@H](C1=Cc2ccccc2OC1)CC(=O)O3. The molecule has 7 nitrogen and oxygen atoms in total. The van der Waals surface area contributed by atoms with Gasteiger partial charge in [-0.1, -0.05) is 30.4 Å². The third-order valence-corrected chi connectivity index (χ3v) is 7.08. The molecule has 3 aliphatic heterocycles. The molecule has 0 radical (unpaired) electrons. The molecule has 0 spiro atoms. The first kappa shape index (κ1) is 24.8. The van der Waals surface area contributed by atoms with Gasteiger partial charge in [-0.05, 0) is 62.0 Å². The number of hydrogen-bond donors (Lipinski definition) is 1. The summed E-state index contributed by atoms with van der Waals surface area (Å²) >= 11 is 0. The van der Waals surface area contributed by atoms with E-state index in [1.165, 1.54) is 0 Å². The highest BCUT2D eigenvalue weighted by Crippen LogP contribution is 2.48. The molecule has 3 heterocycles. The van der Waals surface area contributed by atoms with Crippen LogP contribution < -0.4 is 9.47 Å². The Morgan fingerprint density at radius 2 is 1.81 bits per heavy atom. The van der Waals surface area contributed by atoms with Crippen LogP contribution in [0.1, 0.15) is 84.8 Å². The Morgan fingerprint density at radius 3 is 2.68 bits per heavy atom. The number of benzene rings is 2. The third kappa shape index (κ3) is 5.31. The lowest BCUT2D eigenvalue weighted by atomic mass is 9.82. The quantitative estimate of drug-likeness (QED) is 0.392. The molecule has 0 aromatic heterocycles. The first-order chi connectivity index (χ1) is 17.9. The number of esters is 2. The van der Waals surface area contributed by atoms with Crippen molar-refractivity contribution >= 4 is 29.9 Å². The second kappa shape index (κ2) is 10.6. The van der Waals surface area contributed by atoms with Crippen molar-refractivity contribution in [2.45, 2.75) is 63.9 Å². The first-order valence-electron chi connectivity index (χ1n) is 12.8. The number of Topliss-reactive ketones (excluding diaryl/α,β-unsaturated/α-hetero) is 1. The van der Waals surface area contributed by atoms with Gasteiger partial charge < -0.3 is 19.3 Å². The van der Waals surface area contributed by atoms with E-state index in [9.17, 15) is 19.5 Å². The number of carbonyl (C=O) groups excluding carboxylic acids is 3. The number of para-hydroxylation sites is 1. The van der Waals surface area contributed by atoms with E-state index < -0.39 is 24.0 Å². The van der Waals surface area contributed by atoms with E-state index in [4.69, 9.17) is 14.2 Å². The van der Waals surface area contributed by atoms with Gasteiger partial charge in [-0.15, -0.1) is 0 Å². The highest BCUT2D eigenvalue weighted by molar-refractivity contribution is 5.98. The fourth-order valence-corrected chi connectivity index (χ4v) is 5.17. The highest BCUT2D eigenvalue weighted by atomic mass is 16.5. The number of ether oxygens (including phenoxy) is 3. The summed E-state index contributed by atoms with van der Waals surface area (Å²) in [6.45, 7) is 2.04. The van der Waals surface area contributed by atoms with Gasteiger partial charge in [-0.2, -0.15) is 0 Å². The molecule has 2 atom stereocenters. The smallest absolute Gasteiger partial charge is 0.342 e. The van der Waals surface area contributed by atoms with Gasteiger partial charge in [-0.3, -0.25) is 9.59 Å². The fraction of sp³-hybridized carbons (Fsp3) is 0.367. The maximum atomic E-state index is 13.3. The highest BCUT2D eigenvalue weighted by Gasteiger charge is 2.37. The fourth-order valence-electron chi connectivity index (χ4n) is 5.17. The Hall–Kier alpha value is -3.87. The molecule has 3 aliphatic rings. The second-order valence-corrected chi connectivity index (χ2v) is 9.82. The number of hydrogen-bond acceptors (Lipinski definition) is 7. The van der Waals surface area contributed by atoms with Gasteiger partial charge in [0.05, 0.1) is 12.5 Å². The minimum absolute atomic E-state index is 0.0199. The van der Waals surface area contributed by atoms with Gasteiger partial charge >= 0.3 is 11.9 Å². The largest absolute Gasteiger partial charge is 0.507 e. The lowest BCUT2D eigenvalue weighted by Crippen LogP contribution is -2.26. The summed E-state index contributed by atoms with van der Waals surface area (Å²) in [4.78, 5) is 38.0. The Morgan fingerprint density at radius 1 is 1.00 bits per heavy atom. The van der Waals surface area contributed by atoms with Crippen LogP contribution in [0.2, 0.25) is 0 Å². The third-order valence-electron chi connectivity index (χ3n) is 7.08. The molecule has 5 rings (SSSR count). The Balaban J connectivity index is 1.58. The van der Waals surface area contributed by atoms with Crippen molar-refractivity contribution in [2.24, 2.45) is 0 Å². The number of carbonyl (C=O) groups is 3. The molecule has 2 aromatic rings. The van der Waals surface area contributed by atoms with E-state index in [0.717, 1.165) is 16.9 Å². The first-order valence-corrected chi connectivity index (χ1v) is 12.8. The average Bonchev–Trinajstić information content (AvgIpc) is 2.87. The predicted octanol–water partition coefficient (Wildman–Crippen LogP) is 5.74. The summed E-state index contributed by atoms with van der Waals surface area (Å²) in [6, 6.07) is 9.23. The van der Waals surface area contributed by atoms with Crippen molar-refractivity contribution in [1.29, 1.82) is 0 Å². The van der Waals surface area contributed by atoms with E-state index in [2.05, 4.69) is 0 Å². The maximum absolute atomic E-state index is 13.3. The summed E-state index contributed by atoms with van der Waals surface area (Å²) < 4.78 is 17.2. The zero-order valence-electron chi connectivity index (χ0n) is 20.8. The summed E-state index contributed by atoms with van der Waals surface area (Å²) in [7, 11) is 0. The van der Waals surface area contributed by atoms with Crippen LogP contribution in [-0.2, 0) is 14.3 Å². The number of phenols is 1. The van der Waals surface area contributed by atoms with E-state index >= 15 is 0 Å². The van der Waals surface area contributed by atoms with Gasteiger partial charge in [0.25, 0.3) is 0 Å². The molecular weight excluding hydrogens is 472 g/mol. The molecule has 192 valence electrons. The molecule has 0 unspecified atom stereocenters. The van der Waals surface area contributed by atoms with Crippen molar-refractivity contribution in [2.75, 3.05) is 6.61 Å². The molecule has 1 N–H and O–H groups in total. The van der Waals surface area contributed by atoms with E-state index in [1.807, 2.05) is 36.4 Å². The number of ketones is 1. The number of allylic oxidation sites excluding steroid dienone is 1. The van der Waals surface area contributed by atoms with Gasteiger partial charge in [0.1, 0.15) is 35.2 Å². The molecule has 0 bridgehead atoms. The van der Waals surface area contributed by atoms with Crippen LogP contribution in [0.15, 0.2) is 42.0 Å². The van der Waals surface area contributed by atoms with Crippen molar-refractivity contribution in [3.63, 3.8) is 0 Å². The van der Waals surface area contributed by atoms with E-state index in [1.54, 1.807) is 19.1 Å². The molecule has 0 fully saturated rings. The molecule has 0 saturated carbocycles. The van der Waals surface area contributed by atoms with Crippen LogP contribution in [0.5, 0.6) is 17.2 Å². The summed E-state index contributed by atoms with van der Waals surface area (Å²) in [5.74, 6) is -0.640. The Bertz CT molecular complexity index is 1300. The van der Waals surface area contributed by atoms with Gasteiger partial charge in [0.15, 0.2) is 0 Å². The van der Waals surface area contributed by atoms with E-state index in [0.29, 0.717) is 49.7 Å². The monoisotopic (exact) mass is 502 g/mol. The molecule has 0 aliphatic carbocycles. The van der Waals surface area contributed by atoms with Gasteiger partial charge in [0.2, 0.25) is 0 Å². The van der Waals surface area contributed by atoms with Crippen molar-refractivity contribution in [1.82, 2.24) is 0 Å². The topological polar surface area (TPSA) is 99.1 Å². The van der Waals surface area contributed by atoms with E-state index in [-0.39, 0.29) is 35.9 Å². The van der Waals surface area contributed by atoms with Crippen LogP contribution in [0.4, 0.5) is 0 Å². The number of fused-ring (bicyclic) bond motifs is 3. The van der Waals surface area contributed by atoms with Gasteiger partial charge in [0, 0.05) is 29.9 Å². The zero-order chi connectivity index (χ0) is 25.9. The zero-order valence-corrected chi connectivity index (χ0v) is 20.8. The summed E-state index contributed by atoms with van der Waals surface area (Å²) in [5, 5.41) is 11.5. The van der Waals surface area contributed by atoms with Crippen LogP contribution in [-0.4, -0.2) is 35.5 Å². The Labute approximate surface area is 215 Å². The average molecular weight is 503 g/mol. The van der Waals surface area contributed by atoms with Crippen LogP contribution in [0.25, 0.3) is 12.2 Å².